The Hall–Kier alpha value is -1.27. The number of nitrogens with one attached hydrogen (secondary N) is 1. The molecule has 0 aliphatic carbocycles. The predicted octanol–water partition coefficient (Wildman–Crippen LogP) is 0.382. The molecule has 7 heteroatoms. The van der Waals surface area contributed by atoms with E-state index in [0.29, 0.717) is 0 Å². The Morgan fingerprint density at radius 2 is 2.10 bits per heavy atom. The number of aromatic amines is 1. The fourth-order valence-corrected chi connectivity index (χ4v) is 0.352. The highest BCUT2D eigenvalue weighted by molar-refractivity contribution is 4.83. The molecular formula is C3HF3N2O2. The van der Waals surface area contributed by atoms with Crippen LogP contribution in [0.3, 0.4) is 0 Å². The Morgan fingerprint density at radius 1 is 1.50 bits per heavy atom. The third-order valence-corrected chi connectivity index (χ3v) is 0.709. The highest BCUT2D eigenvalue weighted by Crippen LogP contribution is 2.24. The van der Waals surface area contributed by atoms with Gasteiger partial charge in [-0.25, -0.2) is 4.79 Å². The second-order valence-corrected chi connectivity index (χ2v) is 1.44. The summed E-state index contributed by atoms with van der Waals surface area (Å²) in [6.45, 7) is 0. The topological polar surface area (TPSA) is 58.9 Å². The molecule has 0 spiro atoms. The molecule has 1 N–H and O–H groups in total. The summed E-state index contributed by atoms with van der Waals surface area (Å²) >= 11 is 0. The Morgan fingerprint density at radius 3 is 2.30 bits per heavy atom. The van der Waals surface area contributed by atoms with E-state index in [4.69, 9.17) is 0 Å². The zero-order chi connectivity index (χ0) is 7.78. The Labute approximate surface area is 51.6 Å². The summed E-state index contributed by atoms with van der Waals surface area (Å²) < 4.78 is 38.1. The van der Waals surface area contributed by atoms with Crippen LogP contribution in [0.25, 0.3) is 0 Å². The number of halogens is 3. The Balaban J connectivity index is 3.07. The quantitative estimate of drug-likeness (QED) is 0.587. The lowest BCUT2D eigenvalue weighted by molar-refractivity contribution is -0.146. The van der Waals surface area contributed by atoms with E-state index < -0.39 is 17.8 Å². The van der Waals surface area contributed by atoms with Crippen molar-refractivity contribution in [2.24, 2.45) is 0 Å². The van der Waals surface area contributed by atoms with Gasteiger partial charge in [0.05, 0.1) is 0 Å². The minimum Gasteiger partial charge on any atom is -0.296 e. The van der Waals surface area contributed by atoms with Crippen molar-refractivity contribution < 1.29 is 17.7 Å². The van der Waals surface area contributed by atoms with Gasteiger partial charge >= 0.3 is 11.9 Å². The zero-order valence-electron chi connectivity index (χ0n) is 4.40. The van der Waals surface area contributed by atoms with Crippen molar-refractivity contribution in [2.45, 2.75) is 6.18 Å². The highest BCUT2D eigenvalue weighted by Gasteiger charge is 2.35. The molecule has 0 bridgehead atoms. The third kappa shape index (κ3) is 1.17. The summed E-state index contributed by atoms with van der Waals surface area (Å²) in [5, 5.41) is 2.42. The Bertz CT molecular complexity index is 272. The molecule has 0 aliphatic rings. The fraction of sp³-hybridized carbons (Fsp3) is 0.333. The second kappa shape index (κ2) is 1.86. The standard InChI is InChI=1S/C3HF3N2O2/c4-3(5,6)1-7-2(9)10-8-1/h(H,7,8,9). The molecule has 0 saturated heterocycles. The molecule has 0 aliphatic heterocycles. The average Bonchev–Trinajstić information content (AvgIpc) is 2.11. The van der Waals surface area contributed by atoms with Crippen LogP contribution in [0.4, 0.5) is 13.2 Å². The number of aromatic nitrogens is 2. The molecule has 1 rings (SSSR count). The summed E-state index contributed by atoms with van der Waals surface area (Å²) in [5.74, 6) is -2.63. The maximum absolute atomic E-state index is 11.5. The van der Waals surface area contributed by atoms with E-state index in [-0.39, 0.29) is 0 Å². The van der Waals surface area contributed by atoms with Gasteiger partial charge in [-0.05, 0) is 0 Å². The van der Waals surface area contributed by atoms with Gasteiger partial charge in [-0.1, -0.05) is 5.16 Å². The van der Waals surface area contributed by atoms with Crippen LogP contribution in [0.15, 0.2) is 9.32 Å². The van der Waals surface area contributed by atoms with Gasteiger partial charge in [0.2, 0.25) is 0 Å². The van der Waals surface area contributed by atoms with Gasteiger partial charge < -0.3 is 0 Å². The SMILES string of the molecule is O=c1[nH]c(C(F)(F)F)no1. The van der Waals surface area contributed by atoms with E-state index in [2.05, 4.69) is 9.68 Å². The summed E-state index contributed by atoms with van der Waals surface area (Å²) in [7, 11) is 0. The summed E-state index contributed by atoms with van der Waals surface area (Å²) in [6, 6.07) is 0. The molecule has 0 fully saturated rings. The third-order valence-electron chi connectivity index (χ3n) is 0.709. The van der Waals surface area contributed by atoms with Crippen LogP contribution in [0, 0.1) is 0 Å². The monoisotopic (exact) mass is 154 g/mol. The van der Waals surface area contributed by atoms with Crippen LogP contribution in [0.2, 0.25) is 0 Å². The van der Waals surface area contributed by atoms with E-state index in [1.807, 2.05) is 0 Å². The van der Waals surface area contributed by atoms with Crippen LogP contribution in [-0.4, -0.2) is 10.1 Å². The molecule has 10 heavy (non-hydrogen) atoms. The maximum Gasteiger partial charge on any atom is 0.453 e. The van der Waals surface area contributed by atoms with Gasteiger partial charge in [0, 0.05) is 0 Å². The van der Waals surface area contributed by atoms with E-state index in [9.17, 15) is 18.0 Å². The van der Waals surface area contributed by atoms with E-state index in [1.165, 1.54) is 4.98 Å². The van der Waals surface area contributed by atoms with Crippen LogP contribution >= 0.6 is 0 Å². The smallest absolute Gasteiger partial charge is 0.296 e. The predicted molar refractivity (Wildman–Crippen MR) is 22.1 cm³/mol. The number of rotatable bonds is 0. The van der Waals surface area contributed by atoms with Gasteiger partial charge in [0.15, 0.2) is 0 Å². The van der Waals surface area contributed by atoms with E-state index >= 15 is 0 Å². The van der Waals surface area contributed by atoms with E-state index in [0.717, 1.165) is 0 Å². The molecule has 1 aromatic rings. The van der Waals surface area contributed by atoms with Crippen molar-refractivity contribution in [3.63, 3.8) is 0 Å². The van der Waals surface area contributed by atoms with Crippen molar-refractivity contribution in [3.8, 4) is 0 Å². The van der Waals surface area contributed by atoms with Crippen LogP contribution in [0.5, 0.6) is 0 Å². The number of alkyl halides is 3. The molecule has 0 amide bonds. The molecule has 0 saturated carbocycles. The van der Waals surface area contributed by atoms with Crippen molar-refractivity contribution in [1.82, 2.24) is 10.1 Å². The zero-order valence-corrected chi connectivity index (χ0v) is 4.40. The highest BCUT2D eigenvalue weighted by atomic mass is 19.4. The molecule has 0 atom stereocenters. The lowest BCUT2D eigenvalue weighted by Gasteiger charge is -1.96. The lowest BCUT2D eigenvalue weighted by Crippen LogP contribution is -2.09. The number of nitrogens with zero attached hydrogens (tertiary/aromatic N) is 1. The van der Waals surface area contributed by atoms with Crippen molar-refractivity contribution in [1.29, 1.82) is 0 Å². The largest absolute Gasteiger partial charge is 0.453 e. The second-order valence-electron chi connectivity index (χ2n) is 1.44. The fourth-order valence-electron chi connectivity index (χ4n) is 0.352. The van der Waals surface area contributed by atoms with Gasteiger partial charge in [-0.3, -0.25) is 9.51 Å². The minimum atomic E-state index is -4.65. The molecule has 1 aromatic heterocycles. The van der Waals surface area contributed by atoms with Gasteiger partial charge in [-0.15, -0.1) is 0 Å². The van der Waals surface area contributed by atoms with Crippen LogP contribution < -0.4 is 5.76 Å². The Kier molecular flexibility index (Phi) is 1.27. The van der Waals surface area contributed by atoms with E-state index in [1.54, 1.807) is 0 Å². The van der Waals surface area contributed by atoms with Crippen LogP contribution in [-0.2, 0) is 6.18 Å². The average molecular weight is 154 g/mol. The number of hydrogen-bond acceptors (Lipinski definition) is 3. The molecule has 0 radical (unpaired) electrons. The van der Waals surface area contributed by atoms with Crippen molar-refractivity contribution >= 4 is 0 Å². The first-order chi connectivity index (χ1) is 4.50. The van der Waals surface area contributed by atoms with Crippen LogP contribution in [0.1, 0.15) is 5.82 Å². The molecule has 0 aromatic carbocycles. The van der Waals surface area contributed by atoms with Crippen molar-refractivity contribution in [2.75, 3.05) is 0 Å². The normalized spacial score (nSPS) is 11.9. The van der Waals surface area contributed by atoms with Gasteiger partial charge in [0.25, 0.3) is 5.82 Å². The molecule has 1 heterocycles. The first-order valence-corrected chi connectivity index (χ1v) is 2.13. The lowest BCUT2D eigenvalue weighted by atomic mass is 10.6. The molecule has 4 nitrogen and oxygen atoms in total. The van der Waals surface area contributed by atoms with Gasteiger partial charge in [0.1, 0.15) is 0 Å². The summed E-state index contributed by atoms with van der Waals surface area (Å²) in [6.07, 6.45) is -4.65. The van der Waals surface area contributed by atoms with Gasteiger partial charge in [-0.2, -0.15) is 13.2 Å². The first-order valence-electron chi connectivity index (χ1n) is 2.13. The summed E-state index contributed by atoms with van der Waals surface area (Å²) in [5.41, 5.74) is 0. The maximum atomic E-state index is 11.5. The molecular weight excluding hydrogens is 153 g/mol. The first kappa shape index (κ1) is 6.84. The molecule has 56 valence electrons. The molecule has 0 unspecified atom stereocenters. The number of H-pyrrole nitrogens is 1. The minimum absolute atomic E-state index is 1.22. The number of hydrogen-bond donors (Lipinski definition) is 1. The van der Waals surface area contributed by atoms with Crippen molar-refractivity contribution in [3.05, 3.63) is 16.4 Å². The summed E-state index contributed by atoms with van der Waals surface area (Å²) in [4.78, 5) is 11.3.